The number of anilines is 1. The Morgan fingerprint density at radius 3 is 2.69 bits per heavy atom. The predicted octanol–water partition coefficient (Wildman–Crippen LogP) is 1.81. The molecule has 2 aliphatic heterocycles. The molecule has 9 heteroatoms. The molecule has 2 bridgehead atoms. The lowest BCUT2D eigenvalue weighted by Crippen LogP contribution is -2.36. The Morgan fingerprint density at radius 1 is 1.19 bits per heavy atom. The van der Waals surface area contributed by atoms with E-state index in [1.807, 2.05) is 33.2 Å². The van der Waals surface area contributed by atoms with E-state index in [0.29, 0.717) is 59.0 Å². The molecular weight excluding hydrogens is 406 g/mol. The molecule has 0 fully saturated rings. The molecule has 0 spiro atoms. The Bertz CT molecular complexity index is 1180. The number of nitrogens with zero attached hydrogens (tertiary/aromatic N) is 3. The number of amides is 2. The van der Waals surface area contributed by atoms with E-state index in [-0.39, 0.29) is 11.8 Å². The third kappa shape index (κ3) is 3.82. The van der Waals surface area contributed by atoms with Crippen molar-refractivity contribution >= 4 is 40.9 Å². The normalized spacial score (nSPS) is 21.2. The summed E-state index contributed by atoms with van der Waals surface area (Å²) in [5, 5.41) is 14.0. The van der Waals surface area contributed by atoms with Gasteiger partial charge in [-0.05, 0) is 32.2 Å². The van der Waals surface area contributed by atoms with E-state index < -0.39 is 0 Å². The van der Waals surface area contributed by atoms with Gasteiger partial charge in [0.05, 0.1) is 34.4 Å². The summed E-state index contributed by atoms with van der Waals surface area (Å²) >= 11 is 0. The van der Waals surface area contributed by atoms with Gasteiger partial charge < -0.3 is 25.9 Å². The summed E-state index contributed by atoms with van der Waals surface area (Å²) in [4.78, 5) is 37.4. The Hall–Kier alpha value is -3.72. The Morgan fingerprint density at radius 2 is 1.97 bits per heavy atom. The molecule has 0 atom stereocenters. The van der Waals surface area contributed by atoms with Crippen molar-refractivity contribution in [3.63, 3.8) is 0 Å². The second-order valence-corrected chi connectivity index (χ2v) is 8.16. The van der Waals surface area contributed by atoms with Crippen LogP contribution < -0.4 is 10.6 Å². The number of pyridine rings is 1. The average Bonchev–Trinajstić information content (AvgIpc) is 3.29. The maximum absolute atomic E-state index is 13.2. The van der Waals surface area contributed by atoms with Gasteiger partial charge >= 0.3 is 0 Å². The van der Waals surface area contributed by atoms with Gasteiger partial charge in [-0.3, -0.25) is 19.5 Å². The van der Waals surface area contributed by atoms with Crippen LogP contribution in [0.1, 0.15) is 33.0 Å². The fourth-order valence-electron chi connectivity index (χ4n) is 4.02. The van der Waals surface area contributed by atoms with Crippen molar-refractivity contribution in [1.82, 2.24) is 25.1 Å². The quantitative estimate of drug-likeness (QED) is 0.539. The second kappa shape index (κ2) is 8.43. The van der Waals surface area contributed by atoms with Gasteiger partial charge in [-0.2, -0.15) is 0 Å². The lowest BCUT2D eigenvalue weighted by Gasteiger charge is -2.24. The number of likely N-dealkylation sites (N-methyl/N-ethyl adjacent to an activating group) is 3. The van der Waals surface area contributed by atoms with Gasteiger partial charge in [0.15, 0.2) is 0 Å². The van der Waals surface area contributed by atoms with Gasteiger partial charge in [0.25, 0.3) is 11.8 Å². The number of hydrogen-bond acceptors (Lipinski definition) is 6. The van der Waals surface area contributed by atoms with Crippen LogP contribution in [0.5, 0.6) is 0 Å². The number of allylic oxidation sites excluding steroid dienone is 1. The van der Waals surface area contributed by atoms with Crippen molar-refractivity contribution in [1.29, 1.82) is 5.41 Å². The third-order valence-corrected chi connectivity index (χ3v) is 5.83. The van der Waals surface area contributed by atoms with Crippen LogP contribution in [-0.4, -0.2) is 78.6 Å². The van der Waals surface area contributed by atoms with Crippen LogP contribution in [0, 0.1) is 12.3 Å². The van der Waals surface area contributed by atoms with Gasteiger partial charge in [0.2, 0.25) is 0 Å². The van der Waals surface area contributed by atoms with Gasteiger partial charge in [-0.25, -0.2) is 0 Å². The van der Waals surface area contributed by atoms with E-state index in [0.717, 1.165) is 11.4 Å². The number of carbonyl (C=O) groups excluding carboxylic acids is 2. The predicted molar refractivity (Wildman–Crippen MR) is 125 cm³/mol. The highest BCUT2D eigenvalue weighted by Crippen LogP contribution is 2.35. The van der Waals surface area contributed by atoms with Crippen molar-refractivity contribution in [2.24, 2.45) is 0 Å². The first-order valence-electron chi connectivity index (χ1n) is 10.4. The molecule has 2 amide bonds. The maximum Gasteiger partial charge on any atom is 0.256 e. The molecule has 0 aliphatic carbocycles. The number of fused-ring (bicyclic) bond motifs is 2. The van der Waals surface area contributed by atoms with E-state index in [2.05, 4.69) is 25.5 Å². The first kappa shape index (κ1) is 21.5. The van der Waals surface area contributed by atoms with Crippen LogP contribution in [0.25, 0.3) is 17.2 Å². The maximum atomic E-state index is 13.2. The molecule has 4 heterocycles. The number of hydrogen-bond donors (Lipinski definition) is 4. The lowest BCUT2D eigenvalue weighted by atomic mass is 10.0. The van der Waals surface area contributed by atoms with Crippen LogP contribution >= 0.6 is 0 Å². The number of carbonyl (C=O) groups is 2. The summed E-state index contributed by atoms with van der Waals surface area (Å²) in [7, 11) is 5.56. The van der Waals surface area contributed by atoms with Crippen LogP contribution in [0.2, 0.25) is 0 Å². The summed E-state index contributed by atoms with van der Waals surface area (Å²) < 4.78 is 0. The van der Waals surface area contributed by atoms with Crippen LogP contribution in [-0.2, 0) is 4.79 Å². The number of aromatic nitrogens is 2. The zero-order valence-corrected chi connectivity index (χ0v) is 18.7. The van der Waals surface area contributed by atoms with E-state index in [9.17, 15) is 9.59 Å². The molecule has 2 aliphatic rings. The molecule has 9 nitrogen and oxygen atoms in total. The zero-order chi connectivity index (χ0) is 23.0. The molecule has 0 saturated heterocycles. The molecule has 0 saturated carbocycles. The first-order valence-corrected chi connectivity index (χ1v) is 10.4. The number of aromatic amines is 1. The van der Waals surface area contributed by atoms with Crippen molar-refractivity contribution in [2.45, 2.75) is 6.92 Å². The molecule has 0 aromatic carbocycles. The highest BCUT2D eigenvalue weighted by Gasteiger charge is 2.28. The van der Waals surface area contributed by atoms with E-state index >= 15 is 0 Å². The molecule has 0 unspecified atom stereocenters. The van der Waals surface area contributed by atoms with Crippen LogP contribution in [0.4, 0.5) is 5.69 Å². The fourth-order valence-corrected chi connectivity index (χ4v) is 4.02. The summed E-state index contributed by atoms with van der Waals surface area (Å²) in [6.45, 7) is 3.62. The number of rotatable bonds is 2. The Labute approximate surface area is 186 Å². The summed E-state index contributed by atoms with van der Waals surface area (Å²) in [6, 6.07) is 3.63. The van der Waals surface area contributed by atoms with Crippen LogP contribution in [0.3, 0.4) is 0 Å². The van der Waals surface area contributed by atoms with Crippen molar-refractivity contribution < 1.29 is 9.59 Å². The van der Waals surface area contributed by atoms with E-state index in [1.165, 1.54) is 6.21 Å². The minimum atomic E-state index is -0.253. The average molecular weight is 434 g/mol. The molecule has 2 aromatic heterocycles. The first-order chi connectivity index (χ1) is 15.3. The standard InChI is InChI=1S/C23H27N7O2/c1-13-7-16-19(27-13)9-15-14-8-18(26-11-20(14)28-22(15)31)17(10-24)21(25-2)12-29(3)5-6-30(4)23(16)32/h7-11,24-25,27H,5-6,12H2,1-4H3,(H,28,31)/b15-9-,21-17+,24-10?. The second-order valence-electron chi connectivity index (χ2n) is 8.16. The summed E-state index contributed by atoms with van der Waals surface area (Å²) in [6.07, 6.45) is 4.61. The highest BCUT2D eigenvalue weighted by molar-refractivity contribution is 6.35. The van der Waals surface area contributed by atoms with Crippen molar-refractivity contribution in [3.05, 3.63) is 52.2 Å². The molecule has 166 valence electrons. The van der Waals surface area contributed by atoms with Crippen molar-refractivity contribution in [2.75, 3.05) is 46.1 Å². The number of nitrogens with one attached hydrogen (secondary N) is 4. The van der Waals surface area contributed by atoms with Gasteiger partial charge in [-0.15, -0.1) is 0 Å². The van der Waals surface area contributed by atoms with Gasteiger partial charge in [-0.1, -0.05) is 0 Å². The fraction of sp³-hybridized carbons (Fsp3) is 0.304. The minimum Gasteiger partial charge on any atom is -0.390 e. The molecular formula is C23H27N7O2. The summed E-state index contributed by atoms with van der Waals surface area (Å²) in [5.74, 6) is -0.362. The molecule has 32 heavy (non-hydrogen) atoms. The number of H-pyrrole nitrogens is 1. The monoisotopic (exact) mass is 433 g/mol. The lowest BCUT2D eigenvalue weighted by molar-refractivity contribution is -0.110. The third-order valence-electron chi connectivity index (χ3n) is 5.83. The molecule has 4 N–H and O–H groups in total. The van der Waals surface area contributed by atoms with Gasteiger partial charge in [0, 0.05) is 62.5 Å². The SMILES string of the molecule is CN/C1=C(\C=N)c2cc3c(cn2)NC(=O)/C3=C\c2[nH]c(C)cc2C(=O)N(C)CCN(C)C1. The molecule has 4 rings (SSSR count). The largest absolute Gasteiger partial charge is 0.390 e. The van der Waals surface area contributed by atoms with E-state index in [1.54, 1.807) is 24.2 Å². The Balaban J connectivity index is 1.94. The molecule has 2 aromatic rings. The van der Waals surface area contributed by atoms with E-state index in [4.69, 9.17) is 5.41 Å². The van der Waals surface area contributed by atoms with Crippen LogP contribution in [0.15, 0.2) is 24.0 Å². The highest BCUT2D eigenvalue weighted by atomic mass is 16.2. The number of aryl methyl sites for hydroxylation is 1. The minimum absolute atomic E-state index is 0.108. The summed E-state index contributed by atoms with van der Waals surface area (Å²) in [5.41, 5.74) is 5.80. The van der Waals surface area contributed by atoms with Crippen molar-refractivity contribution in [3.8, 4) is 0 Å². The Kier molecular flexibility index (Phi) is 5.67. The smallest absolute Gasteiger partial charge is 0.256 e. The zero-order valence-electron chi connectivity index (χ0n) is 18.7. The van der Waals surface area contributed by atoms with Gasteiger partial charge in [0.1, 0.15) is 0 Å². The topological polar surface area (TPSA) is 117 Å². The molecule has 0 radical (unpaired) electrons.